The van der Waals surface area contributed by atoms with E-state index in [1.165, 1.54) is 5.56 Å². The van der Waals surface area contributed by atoms with Crippen molar-refractivity contribution in [1.29, 1.82) is 0 Å². The standard InChI is InChI=1S/C17H20ClNO/c1-17(2,3)19-12-13-5-4-6-16(11-13)20-15-9-7-14(18)8-10-15/h4-11,19H,12H2,1-3H3. The molecule has 2 aromatic rings. The fourth-order valence-electron chi connectivity index (χ4n) is 1.72. The van der Waals surface area contributed by atoms with Crippen LogP contribution in [0.2, 0.25) is 5.02 Å². The zero-order chi connectivity index (χ0) is 14.6. The van der Waals surface area contributed by atoms with E-state index in [1.807, 2.05) is 42.5 Å². The second kappa shape index (κ2) is 6.29. The van der Waals surface area contributed by atoms with Gasteiger partial charge in [-0.15, -0.1) is 0 Å². The lowest BCUT2D eigenvalue weighted by molar-refractivity contribution is 0.423. The quantitative estimate of drug-likeness (QED) is 0.853. The number of nitrogens with one attached hydrogen (secondary N) is 1. The molecule has 20 heavy (non-hydrogen) atoms. The maximum absolute atomic E-state index is 5.86. The molecule has 0 saturated carbocycles. The third kappa shape index (κ3) is 4.87. The molecular formula is C17H20ClNO. The van der Waals surface area contributed by atoms with Crippen LogP contribution in [0.4, 0.5) is 0 Å². The van der Waals surface area contributed by atoms with E-state index < -0.39 is 0 Å². The van der Waals surface area contributed by atoms with Crippen molar-refractivity contribution in [3.63, 3.8) is 0 Å². The van der Waals surface area contributed by atoms with Crippen molar-refractivity contribution in [2.24, 2.45) is 0 Å². The van der Waals surface area contributed by atoms with Crippen LogP contribution < -0.4 is 10.1 Å². The first kappa shape index (κ1) is 14.9. The summed E-state index contributed by atoms with van der Waals surface area (Å²) in [6.07, 6.45) is 0. The topological polar surface area (TPSA) is 21.3 Å². The number of halogens is 1. The van der Waals surface area contributed by atoms with Crippen molar-refractivity contribution in [1.82, 2.24) is 5.32 Å². The van der Waals surface area contributed by atoms with Crippen molar-refractivity contribution < 1.29 is 4.74 Å². The second-order valence-electron chi connectivity index (χ2n) is 5.81. The maximum Gasteiger partial charge on any atom is 0.127 e. The van der Waals surface area contributed by atoms with Crippen LogP contribution in [-0.2, 0) is 6.54 Å². The summed E-state index contributed by atoms with van der Waals surface area (Å²) in [6, 6.07) is 15.5. The molecule has 0 heterocycles. The molecule has 0 spiro atoms. The Bertz CT molecular complexity index is 558. The van der Waals surface area contributed by atoms with E-state index in [9.17, 15) is 0 Å². The number of hydrogen-bond acceptors (Lipinski definition) is 2. The van der Waals surface area contributed by atoms with Gasteiger partial charge in [0, 0.05) is 17.1 Å². The normalized spacial score (nSPS) is 11.4. The molecule has 0 bridgehead atoms. The summed E-state index contributed by atoms with van der Waals surface area (Å²) in [6.45, 7) is 7.28. The Kier molecular flexibility index (Phi) is 4.69. The molecule has 1 N–H and O–H groups in total. The van der Waals surface area contributed by atoms with Crippen LogP contribution in [-0.4, -0.2) is 5.54 Å². The van der Waals surface area contributed by atoms with Crippen molar-refractivity contribution >= 4 is 11.6 Å². The lowest BCUT2D eigenvalue weighted by atomic mass is 10.1. The lowest BCUT2D eigenvalue weighted by Gasteiger charge is -2.20. The average molecular weight is 290 g/mol. The summed E-state index contributed by atoms with van der Waals surface area (Å²) in [5.74, 6) is 1.62. The highest BCUT2D eigenvalue weighted by Crippen LogP contribution is 2.23. The van der Waals surface area contributed by atoms with Gasteiger partial charge < -0.3 is 10.1 Å². The van der Waals surface area contributed by atoms with Gasteiger partial charge in [0.1, 0.15) is 11.5 Å². The Hall–Kier alpha value is -1.51. The minimum Gasteiger partial charge on any atom is -0.457 e. The van der Waals surface area contributed by atoms with E-state index in [4.69, 9.17) is 16.3 Å². The Labute approximate surface area is 125 Å². The fourth-order valence-corrected chi connectivity index (χ4v) is 1.85. The zero-order valence-corrected chi connectivity index (χ0v) is 12.9. The first-order valence-electron chi connectivity index (χ1n) is 6.70. The first-order chi connectivity index (χ1) is 9.42. The lowest BCUT2D eigenvalue weighted by Crippen LogP contribution is -2.35. The molecule has 0 fully saturated rings. The summed E-state index contributed by atoms with van der Waals surface area (Å²) < 4.78 is 5.82. The molecule has 2 rings (SSSR count). The van der Waals surface area contributed by atoms with E-state index in [0.29, 0.717) is 5.02 Å². The molecule has 0 aliphatic carbocycles. The third-order valence-corrected chi connectivity index (χ3v) is 3.02. The predicted molar refractivity (Wildman–Crippen MR) is 84.6 cm³/mol. The second-order valence-corrected chi connectivity index (χ2v) is 6.24. The highest BCUT2D eigenvalue weighted by molar-refractivity contribution is 6.30. The zero-order valence-electron chi connectivity index (χ0n) is 12.1. The molecule has 0 amide bonds. The van der Waals surface area contributed by atoms with Gasteiger partial charge in [0.2, 0.25) is 0 Å². The number of rotatable bonds is 4. The molecular weight excluding hydrogens is 270 g/mol. The maximum atomic E-state index is 5.86. The van der Waals surface area contributed by atoms with E-state index in [1.54, 1.807) is 0 Å². The van der Waals surface area contributed by atoms with Gasteiger partial charge in [0.15, 0.2) is 0 Å². The average Bonchev–Trinajstić information content (AvgIpc) is 2.39. The van der Waals surface area contributed by atoms with Gasteiger partial charge in [0.25, 0.3) is 0 Å². The van der Waals surface area contributed by atoms with Crippen LogP contribution in [0.3, 0.4) is 0 Å². The van der Waals surface area contributed by atoms with Crippen molar-refractivity contribution in [3.05, 3.63) is 59.1 Å². The van der Waals surface area contributed by atoms with Crippen LogP contribution in [0.5, 0.6) is 11.5 Å². The van der Waals surface area contributed by atoms with Crippen molar-refractivity contribution in [2.75, 3.05) is 0 Å². The Morgan fingerprint density at radius 3 is 2.35 bits per heavy atom. The minimum atomic E-state index is 0.104. The molecule has 0 unspecified atom stereocenters. The molecule has 0 aliphatic heterocycles. The number of ether oxygens (including phenoxy) is 1. The highest BCUT2D eigenvalue weighted by atomic mass is 35.5. The van der Waals surface area contributed by atoms with Gasteiger partial charge in [-0.3, -0.25) is 0 Å². The molecule has 106 valence electrons. The summed E-state index contributed by atoms with van der Waals surface area (Å²) in [7, 11) is 0. The third-order valence-electron chi connectivity index (χ3n) is 2.77. The summed E-state index contributed by atoms with van der Waals surface area (Å²) >= 11 is 5.86. The molecule has 2 nitrogen and oxygen atoms in total. The molecule has 0 aromatic heterocycles. The van der Waals surface area contributed by atoms with Gasteiger partial charge in [-0.2, -0.15) is 0 Å². The Morgan fingerprint density at radius 2 is 1.70 bits per heavy atom. The van der Waals surface area contributed by atoms with Crippen LogP contribution in [0.15, 0.2) is 48.5 Å². The van der Waals surface area contributed by atoms with E-state index in [-0.39, 0.29) is 5.54 Å². The summed E-state index contributed by atoms with van der Waals surface area (Å²) in [4.78, 5) is 0. The van der Waals surface area contributed by atoms with E-state index in [0.717, 1.165) is 18.0 Å². The van der Waals surface area contributed by atoms with Gasteiger partial charge in [-0.25, -0.2) is 0 Å². The molecule has 0 radical (unpaired) electrons. The largest absolute Gasteiger partial charge is 0.457 e. The fraction of sp³-hybridized carbons (Fsp3) is 0.294. The van der Waals surface area contributed by atoms with Crippen LogP contribution in [0.1, 0.15) is 26.3 Å². The van der Waals surface area contributed by atoms with Crippen LogP contribution >= 0.6 is 11.6 Å². The number of hydrogen-bond donors (Lipinski definition) is 1. The van der Waals surface area contributed by atoms with Crippen LogP contribution in [0, 0.1) is 0 Å². The van der Waals surface area contributed by atoms with Gasteiger partial charge in [-0.1, -0.05) is 23.7 Å². The predicted octanol–water partition coefficient (Wildman–Crippen LogP) is 5.02. The summed E-state index contributed by atoms with van der Waals surface area (Å²) in [5.41, 5.74) is 1.30. The first-order valence-corrected chi connectivity index (χ1v) is 7.08. The van der Waals surface area contributed by atoms with E-state index >= 15 is 0 Å². The highest BCUT2D eigenvalue weighted by Gasteiger charge is 2.08. The monoisotopic (exact) mass is 289 g/mol. The van der Waals surface area contributed by atoms with Crippen molar-refractivity contribution in [3.8, 4) is 11.5 Å². The van der Waals surface area contributed by atoms with Gasteiger partial charge >= 0.3 is 0 Å². The SMILES string of the molecule is CC(C)(C)NCc1cccc(Oc2ccc(Cl)cc2)c1. The Balaban J connectivity index is 2.04. The molecule has 2 aromatic carbocycles. The van der Waals surface area contributed by atoms with Gasteiger partial charge in [0.05, 0.1) is 0 Å². The smallest absolute Gasteiger partial charge is 0.127 e. The van der Waals surface area contributed by atoms with Crippen LogP contribution in [0.25, 0.3) is 0 Å². The molecule has 3 heteroatoms. The number of benzene rings is 2. The molecule has 0 aliphatic rings. The molecule has 0 atom stereocenters. The minimum absolute atomic E-state index is 0.104. The van der Waals surface area contributed by atoms with Gasteiger partial charge in [-0.05, 0) is 62.7 Å². The van der Waals surface area contributed by atoms with E-state index in [2.05, 4.69) is 32.2 Å². The Morgan fingerprint density at radius 1 is 1.00 bits per heavy atom. The molecule has 0 saturated heterocycles. The summed E-state index contributed by atoms with van der Waals surface area (Å²) in [5, 5.41) is 4.17. The van der Waals surface area contributed by atoms with Crippen molar-refractivity contribution in [2.45, 2.75) is 32.9 Å².